The number of aliphatic imine (C=N–C) groups is 1. The quantitative estimate of drug-likeness (QED) is 0.265. The second-order valence-corrected chi connectivity index (χ2v) is 7.41. The molecule has 6 heteroatoms. The molecule has 5 nitrogen and oxygen atoms in total. The largest absolute Gasteiger partial charge is 0.370 e. The van der Waals surface area contributed by atoms with Gasteiger partial charge in [0.05, 0.1) is 0 Å². The highest BCUT2D eigenvalue weighted by atomic mass is 127. The van der Waals surface area contributed by atoms with E-state index in [0.717, 1.165) is 64.7 Å². The minimum Gasteiger partial charge on any atom is -0.370 e. The molecule has 2 aliphatic rings. The van der Waals surface area contributed by atoms with Gasteiger partial charge in [-0.2, -0.15) is 0 Å². The van der Waals surface area contributed by atoms with Gasteiger partial charge in [0, 0.05) is 45.8 Å². The number of piperazine rings is 1. The van der Waals surface area contributed by atoms with Crippen molar-refractivity contribution in [1.82, 2.24) is 15.1 Å². The van der Waals surface area contributed by atoms with Crippen molar-refractivity contribution in [2.45, 2.75) is 32.2 Å². The lowest BCUT2D eigenvalue weighted by Crippen LogP contribution is -2.46. The van der Waals surface area contributed by atoms with Crippen LogP contribution in [-0.2, 0) is 6.54 Å². The Hall–Kier alpha value is -0.860. The molecule has 0 amide bonds. The van der Waals surface area contributed by atoms with E-state index in [1.807, 2.05) is 0 Å². The van der Waals surface area contributed by atoms with Gasteiger partial charge in [0.2, 0.25) is 0 Å². The number of hydrogen-bond donors (Lipinski definition) is 2. The summed E-state index contributed by atoms with van der Waals surface area (Å²) in [4.78, 5) is 9.55. The highest BCUT2D eigenvalue weighted by Crippen LogP contribution is 2.26. The van der Waals surface area contributed by atoms with Gasteiger partial charge in [-0.3, -0.25) is 9.89 Å². The Morgan fingerprint density at radius 3 is 2.42 bits per heavy atom. The zero-order chi connectivity index (χ0) is 17.3. The third-order valence-electron chi connectivity index (χ3n) is 5.42. The minimum absolute atomic E-state index is 0. The molecule has 26 heavy (non-hydrogen) atoms. The molecule has 3 N–H and O–H groups in total. The van der Waals surface area contributed by atoms with Gasteiger partial charge in [-0.15, -0.1) is 24.0 Å². The van der Waals surface area contributed by atoms with E-state index in [4.69, 9.17) is 5.73 Å². The molecule has 1 saturated heterocycles. The van der Waals surface area contributed by atoms with Crippen molar-refractivity contribution >= 4 is 29.9 Å². The highest BCUT2D eigenvalue weighted by Gasteiger charge is 2.17. The molecule has 1 aromatic rings. The van der Waals surface area contributed by atoms with Crippen LogP contribution < -0.4 is 11.1 Å². The number of nitrogens with one attached hydrogen (secondary N) is 1. The van der Waals surface area contributed by atoms with Gasteiger partial charge in [0.1, 0.15) is 0 Å². The lowest BCUT2D eigenvalue weighted by molar-refractivity contribution is 0.126. The number of guanidine groups is 1. The normalized spacial score (nSPS) is 19.6. The molecule has 0 unspecified atom stereocenters. The maximum Gasteiger partial charge on any atom is 0.188 e. The van der Waals surface area contributed by atoms with E-state index in [0.29, 0.717) is 5.96 Å². The Bertz CT molecular complexity index is 524. The first-order valence-electron chi connectivity index (χ1n) is 9.82. The molecule has 0 radical (unpaired) electrons. The summed E-state index contributed by atoms with van der Waals surface area (Å²) in [7, 11) is 0. The topological polar surface area (TPSA) is 56.9 Å². The van der Waals surface area contributed by atoms with E-state index in [2.05, 4.69) is 50.4 Å². The molecule has 146 valence electrons. The number of rotatable bonds is 8. The lowest BCUT2D eigenvalue weighted by Gasteiger charge is -2.34. The minimum atomic E-state index is 0. The van der Waals surface area contributed by atoms with Crippen LogP contribution in [0.1, 0.15) is 31.2 Å². The standard InChI is InChI=1S/C20H33N5.HI/c21-20(23-16-18-8-4-9-18)22-10-5-11-24-12-14-25(15-13-24)17-19-6-2-1-3-7-19;/h1-3,6-7,18H,4-5,8-17H2,(H3,21,22,23);1H. The van der Waals surface area contributed by atoms with Crippen LogP contribution in [0.4, 0.5) is 0 Å². The zero-order valence-corrected chi connectivity index (χ0v) is 18.1. The number of hydrogen-bond acceptors (Lipinski definition) is 3. The molecule has 1 heterocycles. The van der Waals surface area contributed by atoms with Crippen LogP contribution in [0.25, 0.3) is 0 Å². The predicted molar refractivity (Wildman–Crippen MR) is 120 cm³/mol. The van der Waals surface area contributed by atoms with Gasteiger partial charge in [0.15, 0.2) is 5.96 Å². The van der Waals surface area contributed by atoms with Crippen molar-refractivity contribution in [2.24, 2.45) is 16.6 Å². The fourth-order valence-electron chi connectivity index (χ4n) is 3.49. The number of nitrogens with zero attached hydrogens (tertiary/aromatic N) is 3. The van der Waals surface area contributed by atoms with E-state index in [1.54, 1.807) is 0 Å². The first kappa shape index (κ1) is 21.4. The van der Waals surface area contributed by atoms with Crippen molar-refractivity contribution in [3.8, 4) is 0 Å². The number of benzene rings is 1. The molecule has 1 saturated carbocycles. The monoisotopic (exact) mass is 471 g/mol. The first-order chi connectivity index (χ1) is 12.3. The molecule has 2 fully saturated rings. The molecule has 1 aromatic carbocycles. The Morgan fingerprint density at radius 2 is 1.77 bits per heavy atom. The molecule has 0 atom stereocenters. The summed E-state index contributed by atoms with van der Waals surface area (Å²) in [5, 5.41) is 3.26. The molecule has 3 rings (SSSR count). The van der Waals surface area contributed by atoms with Crippen molar-refractivity contribution in [1.29, 1.82) is 0 Å². The highest BCUT2D eigenvalue weighted by molar-refractivity contribution is 14.0. The average molecular weight is 471 g/mol. The van der Waals surface area contributed by atoms with Crippen LogP contribution >= 0.6 is 24.0 Å². The maximum atomic E-state index is 5.93. The van der Waals surface area contributed by atoms with E-state index in [-0.39, 0.29) is 24.0 Å². The van der Waals surface area contributed by atoms with Crippen molar-refractivity contribution < 1.29 is 0 Å². The predicted octanol–water partition coefficient (Wildman–Crippen LogP) is 2.52. The van der Waals surface area contributed by atoms with Crippen molar-refractivity contribution in [3.05, 3.63) is 35.9 Å². The van der Waals surface area contributed by atoms with E-state index < -0.39 is 0 Å². The molecule has 1 aliphatic carbocycles. The van der Waals surface area contributed by atoms with Crippen LogP contribution in [0.2, 0.25) is 0 Å². The van der Waals surface area contributed by atoms with Crippen LogP contribution in [0, 0.1) is 5.92 Å². The van der Waals surface area contributed by atoms with E-state index in [1.165, 1.54) is 24.8 Å². The summed E-state index contributed by atoms with van der Waals surface area (Å²) >= 11 is 0. The van der Waals surface area contributed by atoms with Crippen molar-refractivity contribution in [2.75, 3.05) is 45.8 Å². The Balaban J connectivity index is 0.00000243. The zero-order valence-electron chi connectivity index (χ0n) is 15.8. The maximum absolute atomic E-state index is 5.93. The molecule has 0 aromatic heterocycles. The molecular weight excluding hydrogens is 437 g/mol. The van der Waals surface area contributed by atoms with E-state index >= 15 is 0 Å². The van der Waals surface area contributed by atoms with Crippen LogP contribution in [-0.4, -0.2) is 61.6 Å². The van der Waals surface area contributed by atoms with Gasteiger partial charge in [-0.1, -0.05) is 36.8 Å². The summed E-state index contributed by atoms with van der Waals surface area (Å²) < 4.78 is 0. The van der Waals surface area contributed by atoms with Gasteiger partial charge in [0.25, 0.3) is 0 Å². The van der Waals surface area contributed by atoms with Gasteiger partial charge >= 0.3 is 0 Å². The fourth-order valence-corrected chi connectivity index (χ4v) is 3.49. The Kier molecular flexibility index (Phi) is 9.71. The first-order valence-corrected chi connectivity index (χ1v) is 9.82. The van der Waals surface area contributed by atoms with Gasteiger partial charge < -0.3 is 16.0 Å². The van der Waals surface area contributed by atoms with Crippen LogP contribution in [0.3, 0.4) is 0 Å². The van der Waals surface area contributed by atoms with Gasteiger partial charge in [-0.05, 0) is 37.3 Å². The average Bonchev–Trinajstić information content (AvgIpc) is 2.60. The van der Waals surface area contributed by atoms with Gasteiger partial charge in [-0.25, -0.2) is 0 Å². The van der Waals surface area contributed by atoms with Crippen LogP contribution in [0.5, 0.6) is 0 Å². The van der Waals surface area contributed by atoms with Crippen LogP contribution in [0.15, 0.2) is 35.3 Å². The van der Waals surface area contributed by atoms with Crippen molar-refractivity contribution in [3.63, 3.8) is 0 Å². The third-order valence-corrected chi connectivity index (χ3v) is 5.42. The smallest absolute Gasteiger partial charge is 0.188 e. The summed E-state index contributed by atoms with van der Waals surface area (Å²) in [5.41, 5.74) is 7.34. The molecule has 1 aliphatic heterocycles. The third kappa shape index (κ3) is 7.40. The van der Waals surface area contributed by atoms with E-state index in [9.17, 15) is 0 Å². The summed E-state index contributed by atoms with van der Waals surface area (Å²) in [6.45, 7) is 8.69. The SMILES string of the molecule is I.NC(=NCC1CCC1)NCCCN1CCN(Cc2ccccc2)CC1. The number of nitrogens with two attached hydrogens (primary N) is 1. The Labute approximate surface area is 175 Å². The molecular formula is C20H34IN5. The second-order valence-electron chi connectivity index (χ2n) is 7.41. The summed E-state index contributed by atoms with van der Waals surface area (Å²) in [5.74, 6) is 1.41. The summed E-state index contributed by atoms with van der Waals surface area (Å²) in [6, 6.07) is 10.8. The second kappa shape index (κ2) is 11.8. The lowest BCUT2D eigenvalue weighted by atomic mass is 9.86. The molecule has 0 spiro atoms. The Morgan fingerprint density at radius 1 is 1.08 bits per heavy atom. The number of halogens is 1. The fraction of sp³-hybridized carbons (Fsp3) is 0.650. The molecule has 0 bridgehead atoms. The summed E-state index contributed by atoms with van der Waals surface area (Å²) in [6.07, 6.45) is 5.14.